The third kappa shape index (κ3) is 3.77. The van der Waals surface area contributed by atoms with Gasteiger partial charge < -0.3 is 31.2 Å². The Morgan fingerprint density at radius 3 is 1.68 bits per heavy atom. The van der Waals surface area contributed by atoms with Gasteiger partial charge in [0, 0.05) is 18.2 Å². The van der Waals surface area contributed by atoms with Crippen LogP contribution in [0.3, 0.4) is 0 Å². The molecule has 4 aliphatic carbocycles. The third-order valence-corrected chi connectivity index (χ3v) is 8.03. The van der Waals surface area contributed by atoms with Gasteiger partial charge in [0.25, 0.3) is 0 Å². The van der Waals surface area contributed by atoms with E-state index >= 15 is 0 Å². The van der Waals surface area contributed by atoms with Crippen molar-refractivity contribution in [2.45, 2.75) is 38.0 Å². The Bertz CT molecular complexity index is 1210. The molecule has 0 aliphatic heterocycles. The molecule has 0 unspecified atom stereocenters. The smallest absolute Gasteiger partial charge is 0.138 e. The van der Waals surface area contributed by atoms with E-state index in [1.807, 2.05) is 12.1 Å². The van der Waals surface area contributed by atoms with Gasteiger partial charge in [-0.15, -0.1) is 0 Å². The first-order chi connectivity index (χ1) is 16.4. The predicted octanol–water partition coefficient (Wildman–Crippen LogP) is 6.39. The number of anilines is 2. The van der Waals surface area contributed by atoms with Crippen molar-refractivity contribution >= 4 is 11.4 Å². The molecule has 0 saturated heterocycles. The molecule has 0 atom stereocenters. The van der Waals surface area contributed by atoms with Crippen molar-refractivity contribution in [3.05, 3.63) is 60.2 Å². The van der Waals surface area contributed by atoms with E-state index < -0.39 is 0 Å². The summed E-state index contributed by atoms with van der Waals surface area (Å²) in [7, 11) is 0. The molecule has 4 bridgehead atoms. The van der Waals surface area contributed by atoms with Crippen molar-refractivity contribution in [2.24, 2.45) is 23.7 Å². The molecule has 7 rings (SSSR count). The number of phenols is 2. The number of aromatic hydroxyl groups is 2. The normalized spacial score (nSPS) is 27.0. The maximum Gasteiger partial charge on any atom is 0.138 e. The van der Waals surface area contributed by atoms with Crippen LogP contribution in [-0.4, -0.2) is 10.2 Å². The van der Waals surface area contributed by atoms with Crippen molar-refractivity contribution in [3.8, 4) is 34.5 Å². The standard InChI is InChI=1S/C28H30N2O4/c29-23-12-19(2-5-25(23)31)33-21-1-4-22(27(14-21)34-20-3-6-26(32)24(30)13-20)28-17-8-15-7-16(10-17)11-18(28)9-15/h1-6,12-18,28,31-32H,7-11,29-30H2. The summed E-state index contributed by atoms with van der Waals surface area (Å²) in [5, 5.41) is 19.5. The molecule has 3 aromatic rings. The Kier molecular flexibility index (Phi) is 4.97. The Morgan fingerprint density at radius 1 is 0.618 bits per heavy atom. The second kappa shape index (κ2) is 8.05. The Morgan fingerprint density at radius 2 is 1.12 bits per heavy atom. The fourth-order valence-electron chi connectivity index (χ4n) is 6.83. The van der Waals surface area contributed by atoms with Gasteiger partial charge in [0.2, 0.25) is 0 Å². The van der Waals surface area contributed by atoms with Crippen molar-refractivity contribution in [2.75, 3.05) is 11.5 Å². The first kappa shape index (κ1) is 21.0. The van der Waals surface area contributed by atoms with Crippen LogP contribution < -0.4 is 20.9 Å². The van der Waals surface area contributed by atoms with Crippen LogP contribution in [0.4, 0.5) is 11.4 Å². The SMILES string of the molecule is Nc1cc(Oc2ccc(C3C4CC5CC(C4)CC3C5)c(Oc3ccc(O)c(N)c3)c2)ccc1O. The van der Waals surface area contributed by atoms with Crippen LogP contribution in [0.25, 0.3) is 0 Å². The highest BCUT2D eigenvalue weighted by atomic mass is 16.5. The second-order valence-electron chi connectivity index (χ2n) is 10.3. The fourth-order valence-corrected chi connectivity index (χ4v) is 6.83. The molecule has 0 heterocycles. The van der Waals surface area contributed by atoms with Crippen LogP contribution in [0.5, 0.6) is 34.5 Å². The lowest BCUT2D eigenvalue weighted by Gasteiger charge is -2.54. The van der Waals surface area contributed by atoms with E-state index in [1.165, 1.54) is 43.7 Å². The largest absolute Gasteiger partial charge is 0.506 e. The number of nitrogen functional groups attached to an aromatic ring is 2. The maximum absolute atomic E-state index is 9.83. The molecule has 4 saturated carbocycles. The van der Waals surface area contributed by atoms with Gasteiger partial charge in [-0.1, -0.05) is 6.07 Å². The molecule has 34 heavy (non-hydrogen) atoms. The van der Waals surface area contributed by atoms with Crippen LogP contribution in [0.1, 0.15) is 43.6 Å². The van der Waals surface area contributed by atoms with Gasteiger partial charge in [0.05, 0.1) is 11.4 Å². The number of phenolic OH excluding ortho intramolecular Hbond substituents is 2. The van der Waals surface area contributed by atoms with Crippen LogP contribution >= 0.6 is 0 Å². The zero-order valence-electron chi connectivity index (χ0n) is 19.0. The zero-order valence-corrected chi connectivity index (χ0v) is 19.0. The monoisotopic (exact) mass is 458 g/mol. The molecular formula is C28H30N2O4. The summed E-state index contributed by atoms with van der Waals surface area (Å²) < 4.78 is 12.4. The van der Waals surface area contributed by atoms with E-state index in [9.17, 15) is 10.2 Å². The Balaban J connectivity index is 1.36. The summed E-state index contributed by atoms with van der Waals surface area (Å²) >= 11 is 0. The molecule has 0 aromatic heterocycles. The molecule has 176 valence electrons. The molecule has 3 aromatic carbocycles. The van der Waals surface area contributed by atoms with Gasteiger partial charge >= 0.3 is 0 Å². The lowest BCUT2D eigenvalue weighted by atomic mass is 9.50. The average Bonchev–Trinajstić information content (AvgIpc) is 2.79. The number of hydrogen-bond acceptors (Lipinski definition) is 6. The number of rotatable bonds is 5. The van der Waals surface area contributed by atoms with Crippen molar-refractivity contribution in [1.82, 2.24) is 0 Å². The molecule has 6 nitrogen and oxygen atoms in total. The van der Waals surface area contributed by atoms with Gasteiger partial charge in [0.1, 0.15) is 34.5 Å². The Hall–Kier alpha value is -3.54. The minimum absolute atomic E-state index is 0.0264. The minimum atomic E-state index is 0.0264. The van der Waals surface area contributed by atoms with Crippen molar-refractivity contribution in [1.29, 1.82) is 0 Å². The van der Waals surface area contributed by atoms with Crippen LogP contribution in [-0.2, 0) is 0 Å². The lowest BCUT2D eigenvalue weighted by molar-refractivity contribution is -0.00337. The highest BCUT2D eigenvalue weighted by Crippen LogP contribution is 2.61. The Labute approximate surface area is 199 Å². The topological polar surface area (TPSA) is 111 Å². The number of ether oxygens (including phenoxy) is 2. The summed E-state index contributed by atoms with van der Waals surface area (Å²) in [6.07, 6.45) is 6.67. The van der Waals surface area contributed by atoms with Crippen LogP contribution in [0.2, 0.25) is 0 Å². The van der Waals surface area contributed by atoms with E-state index in [-0.39, 0.29) is 22.9 Å². The first-order valence-corrected chi connectivity index (χ1v) is 12.1. The van der Waals surface area contributed by atoms with E-state index in [4.69, 9.17) is 20.9 Å². The third-order valence-electron chi connectivity index (χ3n) is 8.03. The maximum atomic E-state index is 9.83. The van der Waals surface area contributed by atoms with Crippen molar-refractivity contribution < 1.29 is 19.7 Å². The first-order valence-electron chi connectivity index (χ1n) is 12.1. The second-order valence-corrected chi connectivity index (χ2v) is 10.3. The summed E-state index contributed by atoms with van der Waals surface area (Å²) in [6.45, 7) is 0. The molecular weight excluding hydrogens is 428 g/mol. The zero-order chi connectivity index (χ0) is 23.4. The fraction of sp³-hybridized carbons (Fsp3) is 0.357. The molecule has 0 radical (unpaired) electrons. The van der Waals surface area contributed by atoms with Gasteiger partial charge in [-0.25, -0.2) is 0 Å². The van der Waals surface area contributed by atoms with E-state index in [0.717, 1.165) is 17.6 Å². The minimum Gasteiger partial charge on any atom is -0.506 e. The van der Waals surface area contributed by atoms with Crippen molar-refractivity contribution in [3.63, 3.8) is 0 Å². The lowest BCUT2D eigenvalue weighted by Crippen LogP contribution is -2.43. The predicted molar refractivity (Wildman–Crippen MR) is 131 cm³/mol. The van der Waals surface area contributed by atoms with E-state index in [1.54, 1.807) is 30.3 Å². The quantitative estimate of drug-likeness (QED) is 0.261. The number of hydrogen-bond donors (Lipinski definition) is 4. The summed E-state index contributed by atoms with van der Waals surface area (Å²) in [5.74, 6) is 6.23. The van der Waals surface area contributed by atoms with Gasteiger partial charge in [-0.05, 0) is 97.6 Å². The highest BCUT2D eigenvalue weighted by Gasteiger charge is 2.49. The summed E-state index contributed by atoms with van der Waals surface area (Å²) in [4.78, 5) is 0. The molecule has 0 spiro atoms. The van der Waals surface area contributed by atoms with Crippen LogP contribution in [0.15, 0.2) is 54.6 Å². The molecule has 4 fully saturated rings. The van der Waals surface area contributed by atoms with Gasteiger partial charge in [-0.3, -0.25) is 0 Å². The highest BCUT2D eigenvalue weighted by molar-refractivity contribution is 5.58. The summed E-state index contributed by atoms with van der Waals surface area (Å²) in [5.41, 5.74) is 13.5. The van der Waals surface area contributed by atoms with Gasteiger partial charge in [0.15, 0.2) is 0 Å². The van der Waals surface area contributed by atoms with E-state index in [0.29, 0.717) is 35.0 Å². The molecule has 0 amide bonds. The molecule has 6 N–H and O–H groups in total. The van der Waals surface area contributed by atoms with Crippen LogP contribution in [0, 0.1) is 23.7 Å². The van der Waals surface area contributed by atoms with E-state index in [2.05, 4.69) is 6.07 Å². The number of nitrogens with two attached hydrogens (primary N) is 2. The average molecular weight is 459 g/mol. The van der Waals surface area contributed by atoms with Gasteiger partial charge in [-0.2, -0.15) is 0 Å². The number of benzene rings is 3. The molecule has 6 heteroatoms. The molecule has 4 aliphatic rings. The summed E-state index contributed by atoms with van der Waals surface area (Å²) in [6, 6.07) is 15.8.